The summed E-state index contributed by atoms with van der Waals surface area (Å²) in [5, 5.41) is 0. The highest BCUT2D eigenvalue weighted by molar-refractivity contribution is 5.92. The molecule has 21 heavy (non-hydrogen) atoms. The Morgan fingerprint density at radius 1 is 1.24 bits per heavy atom. The number of allylic oxidation sites excluding steroid dienone is 1. The lowest BCUT2D eigenvalue weighted by atomic mass is 9.64. The van der Waals surface area contributed by atoms with Crippen molar-refractivity contribution in [1.29, 1.82) is 0 Å². The molecule has 2 aliphatic carbocycles. The molecule has 1 saturated carbocycles. The van der Waals surface area contributed by atoms with E-state index in [-0.39, 0.29) is 23.3 Å². The molecule has 1 fully saturated rings. The second-order valence-electron chi connectivity index (χ2n) is 6.21. The minimum Gasteiger partial charge on any atom is -0.458 e. The van der Waals surface area contributed by atoms with Crippen LogP contribution in [0.1, 0.15) is 49.4 Å². The second-order valence-corrected chi connectivity index (χ2v) is 6.21. The van der Waals surface area contributed by atoms with Crippen LogP contribution in [0.15, 0.2) is 42.0 Å². The van der Waals surface area contributed by atoms with E-state index in [9.17, 15) is 9.59 Å². The van der Waals surface area contributed by atoms with Crippen LogP contribution in [0.25, 0.3) is 0 Å². The quantitative estimate of drug-likeness (QED) is 0.778. The monoisotopic (exact) mass is 284 g/mol. The van der Waals surface area contributed by atoms with Crippen molar-refractivity contribution < 1.29 is 14.3 Å². The number of esters is 1. The van der Waals surface area contributed by atoms with Gasteiger partial charge in [0, 0.05) is 11.8 Å². The molecule has 0 heterocycles. The number of benzene rings is 1. The zero-order valence-corrected chi connectivity index (χ0v) is 12.3. The van der Waals surface area contributed by atoms with Crippen molar-refractivity contribution in [2.24, 2.45) is 5.41 Å². The van der Waals surface area contributed by atoms with Crippen LogP contribution in [0.4, 0.5) is 0 Å². The average molecular weight is 284 g/mol. The molecule has 1 aromatic carbocycles. The number of fused-ring (bicyclic) bond motifs is 1. The summed E-state index contributed by atoms with van der Waals surface area (Å²) in [5.41, 5.74) is 1.58. The SMILES string of the molecule is C[C@]12CCC(=O)C=C1CCC[C@@H]2OC(=O)c1ccccc1. The van der Waals surface area contributed by atoms with E-state index in [2.05, 4.69) is 6.92 Å². The summed E-state index contributed by atoms with van der Waals surface area (Å²) < 4.78 is 5.79. The van der Waals surface area contributed by atoms with Crippen LogP contribution in [-0.2, 0) is 9.53 Å². The van der Waals surface area contributed by atoms with Gasteiger partial charge in [-0.15, -0.1) is 0 Å². The van der Waals surface area contributed by atoms with Crippen molar-refractivity contribution in [1.82, 2.24) is 0 Å². The molecule has 3 rings (SSSR count). The van der Waals surface area contributed by atoms with Gasteiger partial charge in [0.25, 0.3) is 0 Å². The van der Waals surface area contributed by atoms with Crippen LogP contribution in [0.3, 0.4) is 0 Å². The average Bonchev–Trinajstić information content (AvgIpc) is 2.50. The van der Waals surface area contributed by atoms with Gasteiger partial charge in [-0.05, 0) is 43.9 Å². The van der Waals surface area contributed by atoms with Gasteiger partial charge in [-0.25, -0.2) is 4.79 Å². The summed E-state index contributed by atoms with van der Waals surface area (Å²) >= 11 is 0. The van der Waals surface area contributed by atoms with Crippen molar-refractivity contribution in [3.63, 3.8) is 0 Å². The van der Waals surface area contributed by atoms with Gasteiger partial charge in [0.05, 0.1) is 5.56 Å². The zero-order valence-electron chi connectivity index (χ0n) is 12.3. The molecule has 0 saturated heterocycles. The highest BCUT2D eigenvalue weighted by Gasteiger charge is 2.44. The van der Waals surface area contributed by atoms with E-state index in [0.717, 1.165) is 31.3 Å². The fourth-order valence-electron chi connectivity index (χ4n) is 3.46. The molecule has 0 unspecified atom stereocenters. The Labute approximate surface area is 125 Å². The molecule has 0 radical (unpaired) electrons. The third kappa shape index (κ3) is 2.65. The third-order valence-corrected chi connectivity index (χ3v) is 4.84. The molecular weight excluding hydrogens is 264 g/mol. The first-order chi connectivity index (χ1) is 10.1. The maximum Gasteiger partial charge on any atom is 0.338 e. The Morgan fingerprint density at radius 2 is 2.00 bits per heavy atom. The van der Waals surface area contributed by atoms with Gasteiger partial charge < -0.3 is 4.74 Å². The van der Waals surface area contributed by atoms with E-state index in [4.69, 9.17) is 4.74 Å². The van der Waals surface area contributed by atoms with Gasteiger partial charge >= 0.3 is 5.97 Å². The first-order valence-electron chi connectivity index (χ1n) is 7.59. The standard InChI is InChI=1S/C18H20O3/c1-18-11-10-15(19)12-14(18)8-5-9-16(18)21-17(20)13-6-3-2-4-7-13/h2-4,6-7,12,16H,5,8-11H2,1H3/t16-,18-/m0/s1. The van der Waals surface area contributed by atoms with Gasteiger partial charge in [-0.2, -0.15) is 0 Å². The Balaban J connectivity index is 1.80. The molecule has 0 aliphatic heterocycles. The van der Waals surface area contributed by atoms with E-state index < -0.39 is 0 Å². The normalized spacial score (nSPS) is 28.5. The number of carbonyl (C=O) groups excluding carboxylic acids is 2. The highest BCUT2D eigenvalue weighted by Crippen LogP contribution is 2.48. The fraction of sp³-hybridized carbons (Fsp3) is 0.444. The number of ether oxygens (including phenoxy) is 1. The zero-order chi connectivity index (χ0) is 14.9. The molecule has 0 N–H and O–H groups in total. The minimum absolute atomic E-state index is 0.127. The summed E-state index contributed by atoms with van der Waals surface area (Å²) in [6.45, 7) is 2.13. The molecule has 2 atom stereocenters. The molecule has 3 nitrogen and oxygen atoms in total. The summed E-state index contributed by atoms with van der Waals surface area (Å²) in [5.74, 6) is -0.0579. The van der Waals surface area contributed by atoms with E-state index in [1.807, 2.05) is 18.2 Å². The summed E-state index contributed by atoms with van der Waals surface area (Å²) in [4.78, 5) is 23.9. The number of carbonyl (C=O) groups is 2. The van der Waals surface area contributed by atoms with Crippen LogP contribution in [-0.4, -0.2) is 17.9 Å². The molecule has 2 aliphatic rings. The third-order valence-electron chi connectivity index (χ3n) is 4.84. The Morgan fingerprint density at radius 3 is 2.76 bits per heavy atom. The van der Waals surface area contributed by atoms with Crippen LogP contribution in [0, 0.1) is 5.41 Å². The van der Waals surface area contributed by atoms with Crippen LogP contribution >= 0.6 is 0 Å². The maximum atomic E-state index is 12.3. The van der Waals surface area contributed by atoms with Crippen LogP contribution in [0.5, 0.6) is 0 Å². The van der Waals surface area contributed by atoms with E-state index in [1.54, 1.807) is 18.2 Å². The Kier molecular flexibility index (Phi) is 3.66. The van der Waals surface area contributed by atoms with Crippen molar-refractivity contribution in [2.45, 2.75) is 45.1 Å². The van der Waals surface area contributed by atoms with E-state index in [0.29, 0.717) is 12.0 Å². The van der Waals surface area contributed by atoms with Crippen molar-refractivity contribution in [3.8, 4) is 0 Å². The first kappa shape index (κ1) is 14.1. The van der Waals surface area contributed by atoms with Crippen molar-refractivity contribution >= 4 is 11.8 Å². The predicted molar refractivity (Wildman–Crippen MR) is 79.9 cm³/mol. The van der Waals surface area contributed by atoms with Crippen LogP contribution in [0.2, 0.25) is 0 Å². The van der Waals surface area contributed by atoms with Gasteiger partial charge in [0.2, 0.25) is 0 Å². The molecule has 0 bridgehead atoms. The van der Waals surface area contributed by atoms with Gasteiger partial charge in [-0.1, -0.05) is 30.7 Å². The molecule has 0 spiro atoms. The lowest BCUT2D eigenvalue weighted by Crippen LogP contribution is -2.43. The maximum absolute atomic E-state index is 12.3. The molecule has 110 valence electrons. The van der Waals surface area contributed by atoms with Gasteiger partial charge in [0.15, 0.2) is 5.78 Å². The van der Waals surface area contributed by atoms with Gasteiger partial charge in [0.1, 0.15) is 6.10 Å². The van der Waals surface area contributed by atoms with E-state index >= 15 is 0 Å². The van der Waals surface area contributed by atoms with Crippen LogP contribution < -0.4 is 0 Å². The number of hydrogen-bond donors (Lipinski definition) is 0. The summed E-state index contributed by atoms with van der Waals surface area (Å²) in [7, 11) is 0. The first-order valence-corrected chi connectivity index (χ1v) is 7.59. The molecule has 0 aromatic heterocycles. The number of rotatable bonds is 2. The molecule has 3 heteroatoms. The Bertz CT molecular complexity index is 588. The Hall–Kier alpha value is -1.90. The molecule has 0 amide bonds. The smallest absolute Gasteiger partial charge is 0.338 e. The number of hydrogen-bond acceptors (Lipinski definition) is 3. The molecular formula is C18H20O3. The minimum atomic E-state index is -0.264. The predicted octanol–water partition coefficient (Wildman–Crippen LogP) is 3.69. The van der Waals surface area contributed by atoms with E-state index in [1.165, 1.54) is 0 Å². The molecule has 1 aromatic rings. The topological polar surface area (TPSA) is 43.4 Å². The summed E-state index contributed by atoms with van der Waals surface area (Å²) in [6, 6.07) is 9.10. The van der Waals surface area contributed by atoms with Crippen molar-refractivity contribution in [2.75, 3.05) is 0 Å². The highest BCUT2D eigenvalue weighted by atomic mass is 16.5. The fourth-order valence-corrected chi connectivity index (χ4v) is 3.46. The van der Waals surface area contributed by atoms with Crippen molar-refractivity contribution in [3.05, 3.63) is 47.5 Å². The lowest BCUT2D eigenvalue weighted by molar-refractivity contribution is -0.116. The largest absolute Gasteiger partial charge is 0.458 e. The van der Waals surface area contributed by atoms with Gasteiger partial charge in [-0.3, -0.25) is 4.79 Å². The summed E-state index contributed by atoms with van der Waals surface area (Å²) in [6.07, 6.45) is 5.79. The lowest BCUT2D eigenvalue weighted by Gasteiger charge is -2.44. The number of ketones is 1. The second kappa shape index (κ2) is 5.47.